The lowest BCUT2D eigenvalue weighted by Crippen LogP contribution is -2.25. The summed E-state index contributed by atoms with van der Waals surface area (Å²) in [5.41, 5.74) is 2.38. The quantitative estimate of drug-likeness (QED) is 0.728. The van der Waals surface area contributed by atoms with Crippen molar-refractivity contribution in [3.05, 3.63) is 39.6 Å². The summed E-state index contributed by atoms with van der Waals surface area (Å²) in [6.45, 7) is 5.74. The Morgan fingerprint density at radius 2 is 2.08 bits per heavy atom. The Morgan fingerprint density at radius 3 is 2.62 bits per heavy atom. The molecule has 0 unspecified atom stereocenters. The van der Waals surface area contributed by atoms with Gasteiger partial charge in [-0.1, -0.05) is 0 Å². The van der Waals surface area contributed by atoms with Crippen molar-refractivity contribution in [1.82, 2.24) is 9.78 Å². The van der Waals surface area contributed by atoms with Crippen LogP contribution in [0.2, 0.25) is 0 Å². The van der Waals surface area contributed by atoms with E-state index in [4.69, 9.17) is 9.47 Å². The third-order valence-electron chi connectivity index (χ3n) is 3.68. The third kappa shape index (κ3) is 4.15. The van der Waals surface area contributed by atoms with E-state index in [1.54, 1.807) is 22.9 Å². The van der Waals surface area contributed by atoms with Crippen LogP contribution in [0.4, 0.5) is 0 Å². The molecule has 2 rings (SSSR count). The predicted octanol–water partition coefficient (Wildman–Crippen LogP) is 2.91. The summed E-state index contributed by atoms with van der Waals surface area (Å²) < 4.78 is 13.6. The molecule has 0 aliphatic heterocycles. The molecule has 7 heteroatoms. The molecule has 0 aliphatic carbocycles. The Kier molecular flexibility index (Phi) is 6.01. The number of Topliss-reactive ketones (excluding diaryl/α,β-unsaturated/α-hetero) is 1. The minimum absolute atomic E-state index is 0.0463. The van der Waals surface area contributed by atoms with E-state index in [-0.39, 0.29) is 12.4 Å². The highest BCUT2D eigenvalue weighted by Crippen LogP contribution is 2.28. The van der Waals surface area contributed by atoms with Crippen LogP contribution in [0.25, 0.3) is 0 Å². The molecule has 6 nitrogen and oxygen atoms in total. The minimum Gasteiger partial charge on any atom is -0.493 e. The summed E-state index contributed by atoms with van der Waals surface area (Å²) in [6.07, 6.45) is -0.730. The molecule has 0 spiro atoms. The highest BCUT2D eigenvalue weighted by Gasteiger charge is 2.15. The number of hydrogen-bond donors (Lipinski definition) is 1. The first-order valence-corrected chi connectivity index (χ1v) is 8.32. The summed E-state index contributed by atoms with van der Waals surface area (Å²) in [5, 5.41) is 14.6. The van der Waals surface area contributed by atoms with Gasteiger partial charge in [0.25, 0.3) is 0 Å². The lowest BCUT2D eigenvalue weighted by molar-refractivity contribution is 0.0871. The number of aryl methyl sites for hydroxylation is 1. The smallest absolute Gasteiger partial charge is 0.161 e. The summed E-state index contributed by atoms with van der Waals surface area (Å²) in [5.74, 6) is 0.898. The largest absolute Gasteiger partial charge is 0.493 e. The number of ketones is 1. The molecule has 0 saturated heterocycles. The number of ether oxygens (including phenoxy) is 2. The molecule has 1 aromatic carbocycles. The standard InChI is InChI=1S/C17H21BrN2O4/c1-10-17(18)11(2)20(19-10)8-14(22)9-24-15-6-5-13(12(3)21)7-16(15)23-4/h5-7,14,22H,8-9H2,1-4H3/t14-/m1/s1. The topological polar surface area (TPSA) is 73.6 Å². The summed E-state index contributed by atoms with van der Waals surface area (Å²) in [7, 11) is 1.51. The minimum atomic E-state index is -0.730. The van der Waals surface area contributed by atoms with Crippen LogP contribution in [0.15, 0.2) is 22.7 Å². The Balaban J connectivity index is 2.02. The molecule has 0 radical (unpaired) electrons. The molecule has 1 N–H and O–H groups in total. The fourth-order valence-corrected chi connectivity index (χ4v) is 2.58. The third-order valence-corrected chi connectivity index (χ3v) is 4.83. The van der Waals surface area contributed by atoms with E-state index in [1.165, 1.54) is 14.0 Å². The Bertz CT molecular complexity index is 742. The van der Waals surface area contributed by atoms with Crippen molar-refractivity contribution >= 4 is 21.7 Å². The lowest BCUT2D eigenvalue weighted by Gasteiger charge is -2.15. The second kappa shape index (κ2) is 7.81. The van der Waals surface area contributed by atoms with Crippen molar-refractivity contribution in [1.29, 1.82) is 0 Å². The van der Waals surface area contributed by atoms with Crippen molar-refractivity contribution in [2.45, 2.75) is 33.4 Å². The molecule has 2 aromatic rings. The molecule has 24 heavy (non-hydrogen) atoms. The molecule has 0 aliphatic rings. The molecule has 1 aromatic heterocycles. The van der Waals surface area contributed by atoms with E-state index in [1.807, 2.05) is 13.8 Å². The van der Waals surface area contributed by atoms with Gasteiger partial charge in [-0.25, -0.2) is 0 Å². The summed E-state index contributed by atoms with van der Waals surface area (Å²) >= 11 is 3.46. The summed E-state index contributed by atoms with van der Waals surface area (Å²) in [4.78, 5) is 11.4. The maximum absolute atomic E-state index is 11.4. The fraction of sp³-hybridized carbons (Fsp3) is 0.412. The van der Waals surface area contributed by atoms with Crippen LogP contribution in [0.1, 0.15) is 28.7 Å². The van der Waals surface area contributed by atoms with Gasteiger partial charge >= 0.3 is 0 Å². The van der Waals surface area contributed by atoms with Gasteiger partial charge in [0.05, 0.1) is 23.8 Å². The van der Waals surface area contributed by atoms with Crippen molar-refractivity contribution in [3.8, 4) is 11.5 Å². The zero-order chi connectivity index (χ0) is 17.9. The van der Waals surface area contributed by atoms with E-state index in [2.05, 4.69) is 21.0 Å². The SMILES string of the molecule is COc1cc(C(C)=O)ccc1OC[C@H](O)Cn1nc(C)c(Br)c1C. The second-order valence-electron chi connectivity index (χ2n) is 5.55. The number of aromatic nitrogens is 2. The monoisotopic (exact) mass is 396 g/mol. The first-order valence-electron chi connectivity index (χ1n) is 7.52. The van der Waals surface area contributed by atoms with Gasteiger partial charge in [-0.05, 0) is 54.9 Å². The van der Waals surface area contributed by atoms with E-state index in [0.29, 0.717) is 23.6 Å². The number of benzene rings is 1. The van der Waals surface area contributed by atoms with Crippen molar-refractivity contribution in [3.63, 3.8) is 0 Å². The molecule has 130 valence electrons. The van der Waals surface area contributed by atoms with Crippen molar-refractivity contribution < 1.29 is 19.4 Å². The van der Waals surface area contributed by atoms with E-state index in [9.17, 15) is 9.90 Å². The number of aliphatic hydroxyl groups is 1. The second-order valence-corrected chi connectivity index (χ2v) is 6.35. The number of carbonyl (C=O) groups excluding carboxylic acids is 1. The number of carbonyl (C=O) groups is 1. The van der Waals surface area contributed by atoms with Gasteiger partial charge in [-0.2, -0.15) is 5.10 Å². The molecule has 0 saturated carbocycles. The number of halogens is 1. The van der Waals surface area contributed by atoms with Crippen LogP contribution in [0.5, 0.6) is 11.5 Å². The van der Waals surface area contributed by atoms with Crippen LogP contribution in [-0.4, -0.2) is 40.5 Å². The Morgan fingerprint density at radius 1 is 1.38 bits per heavy atom. The van der Waals surface area contributed by atoms with Gasteiger partial charge in [0.15, 0.2) is 17.3 Å². The van der Waals surface area contributed by atoms with Crippen LogP contribution in [0, 0.1) is 13.8 Å². The predicted molar refractivity (Wildman–Crippen MR) is 93.9 cm³/mol. The van der Waals surface area contributed by atoms with Gasteiger partial charge in [0.2, 0.25) is 0 Å². The lowest BCUT2D eigenvalue weighted by atomic mass is 10.1. The average Bonchev–Trinajstić information content (AvgIpc) is 2.79. The van der Waals surface area contributed by atoms with Gasteiger partial charge in [-0.3, -0.25) is 9.48 Å². The number of rotatable bonds is 7. The van der Waals surface area contributed by atoms with Crippen LogP contribution in [0.3, 0.4) is 0 Å². The van der Waals surface area contributed by atoms with Crippen LogP contribution >= 0.6 is 15.9 Å². The van der Waals surface area contributed by atoms with Crippen LogP contribution < -0.4 is 9.47 Å². The van der Waals surface area contributed by atoms with E-state index < -0.39 is 6.10 Å². The first kappa shape index (κ1) is 18.5. The molecular formula is C17H21BrN2O4. The number of hydrogen-bond acceptors (Lipinski definition) is 5. The normalized spacial score (nSPS) is 12.1. The van der Waals surface area contributed by atoms with Crippen LogP contribution in [-0.2, 0) is 6.54 Å². The molecule has 1 atom stereocenters. The van der Waals surface area contributed by atoms with Gasteiger partial charge in [-0.15, -0.1) is 0 Å². The number of aliphatic hydroxyl groups excluding tert-OH is 1. The van der Waals surface area contributed by atoms with E-state index >= 15 is 0 Å². The van der Waals surface area contributed by atoms with Gasteiger partial charge in [0.1, 0.15) is 12.7 Å². The molecule has 0 amide bonds. The van der Waals surface area contributed by atoms with Crippen molar-refractivity contribution in [2.75, 3.05) is 13.7 Å². The summed E-state index contributed by atoms with van der Waals surface area (Å²) in [6, 6.07) is 4.97. The Hall–Kier alpha value is -1.86. The zero-order valence-electron chi connectivity index (χ0n) is 14.2. The highest BCUT2D eigenvalue weighted by atomic mass is 79.9. The highest BCUT2D eigenvalue weighted by molar-refractivity contribution is 9.10. The van der Waals surface area contributed by atoms with Gasteiger partial charge < -0.3 is 14.6 Å². The first-order chi connectivity index (χ1) is 11.3. The Labute approximate surface area is 149 Å². The maximum Gasteiger partial charge on any atom is 0.161 e. The zero-order valence-corrected chi connectivity index (χ0v) is 15.8. The number of nitrogens with zero attached hydrogens (tertiary/aromatic N) is 2. The van der Waals surface area contributed by atoms with Gasteiger partial charge in [0, 0.05) is 11.3 Å². The van der Waals surface area contributed by atoms with E-state index in [0.717, 1.165) is 15.9 Å². The molecule has 1 heterocycles. The average molecular weight is 397 g/mol. The molecule has 0 fully saturated rings. The number of methoxy groups -OCH3 is 1. The molecule has 0 bridgehead atoms. The maximum atomic E-state index is 11.4. The van der Waals surface area contributed by atoms with Crippen molar-refractivity contribution in [2.24, 2.45) is 0 Å². The molecular weight excluding hydrogens is 376 g/mol. The fourth-order valence-electron chi connectivity index (χ4n) is 2.30.